The van der Waals surface area contributed by atoms with Crippen LogP contribution in [0.3, 0.4) is 0 Å². The molecule has 53 heavy (non-hydrogen) atoms. The van der Waals surface area contributed by atoms with Crippen molar-refractivity contribution in [2.45, 2.75) is 9.79 Å². The molecule has 0 N–H and O–H groups in total. The van der Waals surface area contributed by atoms with Gasteiger partial charge in [-0.25, -0.2) is 0 Å². The zero-order valence-electron chi connectivity index (χ0n) is 28.6. The van der Waals surface area contributed by atoms with E-state index in [0.717, 1.165) is 56.1 Å². The van der Waals surface area contributed by atoms with Gasteiger partial charge < -0.3 is 14.1 Å². The number of benzene rings is 8. The van der Waals surface area contributed by atoms with Crippen LogP contribution in [0.4, 0.5) is 17.1 Å². The molecule has 3 nitrogen and oxygen atoms in total. The SMILES string of the molecule is c1ccc(-c2ccc3c(c2)oc2cc(N(c4ccccc4)c4ccc5c(c4)[Si]4(c6ccccc6Oc6ccccc64)c4ccccc4S5)ccc23)cc1. The number of para-hydroxylation sites is 3. The summed E-state index contributed by atoms with van der Waals surface area (Å²) in [6.07, 6.45) is 0. The lowest BCUT2D eigenvalue weighted by atomic mass is 10.0. The largest absolute Gasteiger partial charge is 0.458 e. The minimum atomic E-state index is -2.82. The van der Waals surface area contributed by atoms with Crippen molar-refractivity contribution >= 4 is 79.6 Å². The van der Waals surface area contributed by atoms with E-state index in [4.69, 9.17) is 9.15 Å². The van der Waals surface area contributed by atoms with E-state index < -0.39 is 8.07 Å². The molecule has 0 bridgehead atoms. The number of anilines is 3. The highest BCUT2D eigenvalue weighted by atomic mass is 32.2. The summed E-state index contributed by atoms with van der Waals surface area (Å²) in [5, 5.41) is 7.58. The first kappa shape index (κ1) is 30.4. The van der Waals surface area contributed by atoms with Crippen molar-refractivity contribution in [2.75, 3.05) is 4.90 Å². The quantitative estimate of drug-likeness (QED) is 0.170. The van der Waals surface area contributed by atoms with E-state index >= 15 is 0 Å². The van der Waals surface area contributed by atoms with Crippen LogP contribution in [-0.2, 0) is 0 Å². The predicted octanol–water partition coefficient (Wildman–Crippen LogP) is 10.7. The van der Waals surface area contributed by atoms with Gasteiger partial charge in [0, 0.05) is 43.7 Å². The van der Waals surface area contributed by atoms with Gasteiger partial charge in [0.2, 0.25) is 0 Å². The topological polar surface area (TPSA) is 25.6 Å². The second-order valence-electron chi connectivity index (χ2n) is 13.7. The molecule has 2 aliphatic rings. The molecule has 3 heterocycles. The average Bonchev–Trinajstić information content (AvgIpc) is 3.59. The molecule has 5 heteroatoms. The Bertz CT molecular complexity index is 2760. The zero-order chi connectivity index (χ0) is 34.9. The molecule has 11 rings (SSSR count). The number of ether oxygens (including phenoxy) is 1. The van der Waals surface area contributed by atoms with Crippen LogP contribution in [0.5, 0.6) is 11.5 Å². The molecule has 0 atom stereocenters. The normalized spacial score (nSPS) is 13.5. The van der Waals surface area contributed by atoms with Crippen molar-refractivity contribution in [3.05, 3.63) is 188 Å². The van der Waals surface area contributed by atoms with E-state index in [1.54, 1.807) is 0 Å². The first-order chi connectivity index (χ1) is 26.3. The number of fused-ring (bicyclic) bond motifs is 11. The van der Waals surface area contributed by atoms with E-state index in [0.29, 0.717) is 0 Å². The standard InChI is InChI=1S/C48H31NO2SSi/c1-3-13-32(14-4-1)33-23-26-37-38-27-24-35(30-42(38)51-41(37)29-33)49(34-15-5-2-6-16-34)36-25-28-44-48(31-36)53(47-22-12-9-19-43(47)52-44)45-20-10-7-17-39(45)50-40-18-8-11-21-46(40)53/h1-31H. The lowest BCUT2D eigenvalue weighted by Gasteiger charge is -2.43. The van der Waals surface area contributed by atoms with Crippen molar-refractivity contribution in [2.24, 2.45) is 0 Å². The minimum Gasteiger partial charge on any atom is -0.458 e. The van der Waals surface area contributed by atoms with Gasteiger partial charge in [0.15, 0.2) is 8.07 Å². The van der Waals surface area contributed by atoms with E-state index in [1.807, 2.05) is 17.8 Å². The van der Waals surface area contributed by atoms with Crippen LogP contribution in [0.25, 0.3) is 33.1 Å². The summed E-state index contributed by atoms with van der Waals surface area (Å²) in [4.78, 5) is 4.98. The third kappa shape index (κ3) is 4.61. The molecule has 0 saturated heterocycles. The van der Waals surface area contributed by atoms with Gasteiger partial charge in [-0.05, 0) is 105 Å². The molecule has 0 radical (unpaired) electrons. The summed E-state index contributed by atoms with van der Waals surface area (Å²) in [7, 11) is -2.82. The van der Waals surface area contributed by atoms with Crippen molar-refractivity contribution in [3.8, 4) is 22.6 Å². The molecule has 0 aliphatic carbocycles. The Hall–Kier alpha value is -6.27. The molecule has 8 aromatic carbocycles. The van der Waals surface area contributed by atoms with Crippen LogP contribution < -0.4 is 30.4 Å². The molecule has 0 fully saturated rings. The predicted molar refractivity (Wildman–Crippen MR) is 222 cm³/mol. The highest BCUT2D eigenvalue weighted by molar-refractivity contribution is 8.00. The Balaban J connectivity index is 1.13. The van der Waals surface area contributed by atoms with Crippen molar-refractivity contribution < 1.29 is 9.15 Å². The molecule has 0 saturated carbocycles. The van der Waals surface area contributed by atoms with Gasteiger partial charge in [0.05, 0.1) is 0 Å². The summed E-state index contributed by atoms with van der Waals surface area (Å²) in [6, 6.07) is 67.8. The summed E-state index contributed by atoms with van der Waals surface area (Å²) >= 11 is 1.88. The molecule has 1 spiro atoms. The lowest BCUT2D eigenvalue weighted by molar-refractivity contribution is 0.487. The smallest absolute Gasteiger partial charge is 0.190 e. The maximum atomic E-state index is 6.66. The Morgan fingerprint density at radius 3 is 1.72 bits per heavy atom. The van der Waals surface area contributed by atoms with Crippen LogP contribution in [0.15, 0.2) is 202 Å². The Morgan fingerprint density at radius 2 is 0.962 bits per heavy atom. The van der Waals surface area contributed by atoms with Gasteiger partial charge in [-0.3, -0.25) is 0 Å². The van der Waals surface area contributed by atoms with Crippen LogP contribution >= 0.6 is 11.8 Å². The Labute approximate surface area is 312 Å². The Morgan fingerprint density at radius 1 is 0.396 bits per heavy atom. The van der Waals surface area contributed by atoms with Gasteiger partial charge in [0.25, 0.3) is 0 Å². The third-order valence-electron chi connectivity index (χ3n) is 10.8. The van der Waals surface area contributed by atoms with Crippen molar-refractivity contribution in [3.63, 3.8) is 0 Å². The highest BCUT2D eigenvalue weighted by Gasteiger charge is 2.52. The van der Waals surface area contributed by atoms with Gasteiger partial charge in [-0.15, -0.1) is 0 Å². The maximum Gasteiger partial charge on any atom is 0.190 e. The van der Waals surface area contributed by atoms with Crippen LogP contribution in [0.2, 0.25) is 0 Å². The van der Waals surface area contributed by atoms with Crippen LogP contribution in [0.1, 0.15) is 0 Å². The van der Waals surface area contributed by atoms with Gasteiger partial charge >= 0.3 is 0 Å². The van der Waals surface area contributed by atoms with Crippen LogP contribution in [-0.4, -0.2) is 8.07 Å². The number of rotatable bonds is 4. The van der Waals surface area contributed by atoms with Gasteiger partial charge in [-0.2, -0.15) is 0 Å². The summed E-state index contributed by atoms with van der Waals surface area (Å²) in [6.45, 7) is 0. The molecular weight excluding hydrogens is 683 g/mol. The molecule has 250 valence electrons. The number of hydrogen-bond donors (Lipinski definition) is 0. The monoisotopic (exact) mass is 713 g/mol. The molecule has 0 amide bonds. The van der Waals surface area contributed by atoms with E-state index in [2.05, 4.69) is 187 Å². The second-order valence-corrected chi connectivity index (χ2v) is 18.4. The van der Waals surface area contributed by atoms with Crippen molar-refractivity contribution in [1.29, 1.82) is 0 Å². The average molecular weight is 714 g/mol. The second kappa shape index (κ2) is 11.9. The van der Waals surface area contributed by atoms with E-state index in [9.17, 15) is 0 Å². The van der Waals surface area contributed by atoms with Crippen molar-refractivity contribution in [1.82, 2.24) is 0 Å². The summed E-state index contributed by atoms with van der Waals surface area (Å²) in [5.74, 6) is 1.89. The molecule has 0 unspecified atom stereocenters. The maximum absolute atomic E-state index is 6.66. The number of hydrogen-bond acceptors (Lipinski definition) is 4. The molecular formula is C48H31NO2SSi. The molecule has 1 aromatic heterocycles. The fourth-order valence-corrected chi connectivity index (χ4v) is 15.6. The van der Waals surface area contributed by atoms with E-state index in [1.165, 1.54) is 36.1 Å². The zero-order valence-corrected chi connectivity index (χ0v) is 30.4. The number of furan rings is 1. The highest BCUT2D eigenvalue weighted by Crippen LogP contribution is 2.42. The van der Waals surface area contributed by atoms with Gasteiger partial charge in [0.1, 0.15) is 22.7 Å². The lowest BCUT2D eigenvalue weighted by Crippen LogP contribution is -2.77. The molecule has 9 aromatic rings. The minimum absolute atomic E-state index is 0.865. The third-order valence-corrected chi connectivity index (χ3v) is 17.2. The van der Waals surface area contributed by atoms with E-state index in [-0.39, 0.29) is 0 Å². The summed E-state index contributed by atoms with van der Waals surface area (Å²) < 4.78 is 13.3. The summed E-state index contributed by atoms with van der Waals surface area (Å²) in [5.41, 5.74) is 7.30. The number of nitrogens with zero attached hydrogens (tertiary/aromatic N) is 1. The van der Waals surface area contributed by atoms with Gasteiger partial charge in [-0.1, -0.05) is 121 Å². The first-order valence-electron chi connectivity index (χ1n) is 17.9. The fourth-order valence-electron chi connectivity index (χ4n) is 8.48. The van der Waals surface area contributed by atoms with Crippen LogP contribution in [0, 0.1) is 0 Å². The first-order valence-corrected chi connectivity index (χ1v) is 20.7. The molecule has 2 aliphatic heterocycles. The fraction of sp³-hybridized carbons (Fsp3) is 0. The Kier molecular flexibility index (Phi) is 6.81.